The fourth-order valence-corrected chi connectivity index (χ4v) is 2.77. The number of nitrogens with one attached hydrogen (secondary N) is 1. The molecule has 0 aliphatic rings. The van der Waals surface area contributed by atoms with Crippen molar-refractivity contribution in [3.05, 3.63) is 47.1 Å². The number of aliphatic hydroxyl groups is 1. The second kappa shape index (κ2) is 5.62. The first-order valence-electron chi connectivity index (χ1n) is 6.28. The molecule has 2 heterocycles. The van der Waals surface area contributed by atoms with E-state index in [0.29, 0.717) is 18.2 Å². The van der Waals surface area contributed by atoms with Gasteiger partial charge in [-0.1, -0.05) is 12.1 Å². The number of hydrogen-bond donors (Lipinski definition) is 2. The molecule has 2 aromatic heterocycles. The average Bonchev–Trinajstić information content (AvgIpc) is 3.03. The van der Waals surface area contributed by atoms with E-state index in [-0.39, 0.29) is 6.61 Å². The van der Waals surface area contributed by atoms with Gasteiger partial charge in [-0.2, -0.15) is 4.98 Å². The van der Waals surface area contributed by atoms with Crippen LogP contribution in [-0.4, -0.2) is 21.5 Å². The minimum absolute atomic E-state index is 0.00114. The molecule has 0 saturated heterocycles. The van der Waals surface area contributed by atoms with Crippen LogP contribution < -0.4 is 10.1 Å². The lowest BCUT2D eigenvalue weighted by atomic mass is 10.2. The van der Waals surface area contributed by atoms with Crippen LogP contribution >= 0.6 is 11.3 Å². The third-order valence-corrected chi connectivity index (χ3v) is 3.72. The SMILES string of the molecule is CNCc1c(Oc2cccc(CO)c2)nc2sccn12. The molecule has 0 bridgehead atoms. The number of aliphatic hydroxyl groups excluding tert-OH is 1. The number of benzene rings is 1. The third kappa shape index (κ3) is 2.40. The lowest BCUT2D eigenvalue weighted by Gasteiger charge is -2.07. The molecular weight excluding hydrogens is 274 g/mol. The van der Waals surface area contributed by atoms with Gasteiger partial charge in [-0.15, -0.1) is 11.3 Å². The van der Waals surface area contributed by atoms with E-state index in [1.807, 2.05) is 47.3 Å². The van der Waals surface area contributed by atoms with Crippen LogP contribution in [0.25, 0.3) is 4.96 Å². The summed E-state index contributed by atoms with van der Waals surface area (Å²) in [5, 5.41) is 14.3. The normalized spacial score (nSPS) is 11.1. The summed E-state index contributed by atoms with van der Waals surface area (Å²) in [6.07, 6.45) is 1.98. The molecule has 0 atom stereocenters. The molecule has 0 fully saturated rings. The highest BCUT2D eigenvalue weighted by molar-refractivity contribution is 7.15. The van der Waals surface area contributed by atoms with Gasteiger partial charge in [0.05, 0.1) is 6.61 Å². The van der Waals surface area contributed by atoms with E-state index < -0.39 is 0 Å². The Morgan fingerprint density at radius 1 is 1.45 bits per heavy atom. The Kier molecular flexibility index (Phi) is 3.68. The molecule has 0 unspecified atom stereocenters. The molecule has 0 amide bonds. The highest BCUT2D eigenvalue weighted by Gasteiger charge is 2.14. The van der Waals surface area contributed by atoms with Gasteiger partial charge in [0.25, 0.3) is 0 Å². The highest BCUT2D eigenvalue weighted by Crippen LogP contribution is 2.28. The molecule has 3 rings (SSSR count). The predicted molar refractivity (Wildman–Crippen MR) is 78.3 cm³/mol. The van der Waals surface area contributed by atoms with Gasteiger partial charge in [0.15, 0.2) is 4.96 Å². The molecule has 20 heavy (non-hydrogen) atoms. The highest BCUT2D eigenvalue weighted by atomic mass is 32.1. The van der Waals surface area contributed by atoms with Crippen LogP contribution in [0.3, 0.4) is 0 Å². The maximum Gasteiger partial charge on any atom is 0.243 e. The largest absolute Gasteiger partial charge is 0.437 e. The second-order valence-electron chi connectivity index (χ2n) is 4.36. The first kappa shape index (κ1) is 13.1. The lowest BCUT2D eigenvalue weighted by Crippen LogP contribution is -2.08. The first-order chi connectivity index (χ1) is 9.81. The van der Waals surface area contributed by atoms with Gasteiger partial charge in [0, 0.05) is 18.1 Å². The van der Waals surface area contributed by atoms with E-state index in [1.54, 1.807) is 11.3 Å². The van der Waals surface area contributed by atoms with Crippen LogP contribution in [0.5, 0.6) is 11.6 Å². The number of imidazole rings is 1. The molecule has 0 saturated carbocycles. The van der Waals surface area contributed by atoms with E-state index in [9.17, 15) is 0 Å². The van der Waals surface area contributed by atoms with E-state index in [1.165, 1.54) is 0 Å². The quantitative estimate of drug-likeness (QED) is 0.757. The van der Waals surface area contributed by atoms with Gasteiger partial charge in [-0.05, 0) is 24.7 Å². The molecule has 5 nitrogen and oxygen atoms in total. The van der Waals surface area contributed by atoms with Gasteiger partial charge in [0.1, 0.15) is 11.4 Å². The molecule has 2 N–H and O–H groups in total. The Morgan fingerprint density at radius 2 is 2.35 bits per heavy atom. The van der Waals surface area contributed by atoms with Crippen LogP contribution in [0.1, 0.15) is 11.3 Å². The summed E-state index contributed by atoms with van der Waals surface area (Å²) in [4.78, 5) is 5.40. The zero-order chi connectivity index (χ0) is 13.9. The van der Waals surface area contributed by atoms with Crippen molar-refractivity contribution >= 4 is 16.3 Å². The average molecular weight is 289 g/mol. The summed E-state index contributed by atoms with van der Waals surface area (Å²) in [7, 11) is 1.89. The molecule has 0 radical (unpaired) electrons. The van der Waals surface area contributed by atoms with Gasteiger partial charge in [-0.25, -0.2) is 0 Å². The van der Waals surface area contributed by atoms with Crippen molar-refractivity contribution in [2.24, 2.45) is 0 Å². The Bertz CT molecular complexity index is 720. The van der Waals surface area contributed by atoms with Crippen molar-refractivity contribution < 1.29 is 9.84 Å². The summed E-state index contributed by atoms with van der Waals surface area (Å²) < 4.78 is 7.89. The summed E-state index contributed by atoms with van der Waals surface area (Å²) in [6.45, 7) is 0.672. The first-order valence-corrected chi connectivity index (χ1v) is 7.16. The van der Waals surface area contributed by atoms with Crippen molar-refractivity contribution in [3.63, 3.8) is 0 Å². The molecular formula is C14H15N3O2S. The van der Waals surface area contributed by atoms with Crippen molar-refractivity contribution in [2.75, 3.05) is 7.05 Å². The van der Waals surface area contributed by atoms with Crippen molar-refractivity contribution in [3.8, 4) is 11.6 Å². The van der Waals surface area contributed by atoms with Gasteiger partial charge in [-0.3, -0.25) is 4.40 Å². The number of aromatic nitrogens is 2. The molecule has 104 valence electrons. The summed E-state index contributed by atoms with van der Waals surface area (Å²) >= 11 is 1.57. The molecule has 3 aromatic rings. The van der Waals surface area contributed by atoms with Gasteiger partial charge < -0.3 is 15.2 Å². The number of thiazole rings is 1. The minimum atomic E-state index is -0.00114. The minimum Gasteiger partial charge on any atom is -0.437 e. The Hall–Kier alpha value is -1.89. The van der Waals surface area contributed by atoms with Gasteiger partial charge >= 0.3 is 0 Å². The Balaban J connectivity index is 1.96. The fourth-order valence-electron chi connectivity index (χ4n) is 2.04. The van der Waals surface area contributed by atoms with Crippen LogP contribution in [0, 0.1) is 0 Å². The number of rotatable bonds is 5. The van der Waals surface area contributed by atoms with Crippen LogP contribution in [0.4, 0.5) is 0 Å². The van der Waals surface area contributed by atoms with Crippen molar-refractivity contribution in [1.29, 1.82) is 0 Å². The maximum absolute atomic E-state index is 9.16. The monoisotopic (exact) mass is 289 g/mol. The van der Waals surface area contributed by atoms with Crippen molar-refractivity contribution in [1.82, 2.24) is 14.7 Å². The Labute approximate surface area is 120 Å². The van der Waals surface area contributed by atoms with E-state index >= 15 is 0 Å². The number of hydrogen-bond acceptors (Lipinski definition) is 5. The Morgan fingerprint density at radius 3 is 3.15 bits per heavy atom. The number of ether oxygens (including phenoxy) is 1. The second-order valence-corrected chi connectivity index (χ2v) is 5.23. The predicted octanol–water partition coefficient (Wildman–Crippen LogP) is 2.40. The van der Waals surface area contributed by atoms with E-state index in [0.717, 1.165) is 16.2 Å². The standard InChI is InChI=1S/C14H15N3O2S/c1-15-8-12-13(16-14-17(12)5-6-20-14)19-11-4-2-3-10(7-11)9-18/h2-7,15,18H,8-9H2,1H3. The lowest BCUT2D eigenvalue weighted by molar-refractivity contribution is 0.281. The van der Waals surface area contributed by atoms with Crippen LogP contribution in [0.15, 0.2) is 35.8 Å². The molecule has 0 aliphatic heterocycles. The fraction of sp³-hybridized carbons (Fsp3) is 0.214. The third-order valence-electron chi connectivity index (χ3n) is 2.96. The maximum atomic E-state index is 9.16. The van der Waals surface area contributed by atoms with Crippen LogP contribution in [-0.2, 0) is 13.2 Å². The number of nitrogens with zero attached hydrogens (tertiary/aromatic N) is 2. The topological polar surface area (TPSA) is 58.8 Å². The summed E-state index contributed by atoms with van der Waals surface area (Å²) in [6, 6.07) is 7.39. The summed E-state index contributed by atoms with van der Waals surface area (Å²) in [5.41, 5.74) is 1.80. The smallest absolute Gasteiger partial charge is 0.243 e. The van der Waals surface area contributed by atoms with E-state index in [4.69, 9.17) is 9.84 Å². The number of fused-ring (bicyclic) bond motifs is 1. The molecule has 1 aromatic carbocycles. The van der Waals surface area contributed by atoms with E-state index in [2.05, 4.69) is 10.3 Å². The molecule has 0 aliphatic carbocycles. The molecule has 6 heteroatoms. The van der Waals surface area contributed by atoms with Crippen molar-refractivity contribution in [2.45, 2.75) is 13.2 Å². The zero-order valence-electron chi connectivity index (χ0n) is 11.0. The van der Waals surface area contributed by atoms with Gasteiger partial charge in [0.2, 0.25) is 5.88 Å². The van der Waals surface area contributed by atoms with Crippen LogP contribution in [0.2, 0.25) is 0 Å². The summed E-state index contributed by atoms with van der Waals surface area (Å²) in [5.74, 6) is 1.28. The zero-order valence-corrected chi connectivity index (χ0v) is 11.9. The molecule has 0 spiro atoms.